The van der Waals surface area contributed by atoms with Crippen molar-refractivity contribution in [1.82, 2.24) is 15.2 Å². The minimum absolute atomic E-state index is 0.192. The Hall–Kier alpha value is -0.980. The van der Waals surface area contributed by atoms with Gasteiger partial charge in [0.15, 0.2) is 0 Å². The highest BCUT2D eigenvalue weighted by atomic mass is 32.1. The molecule has 0 spiro atoms. The highest BCUT2D eigenvalue weighted by Crippen LogP contribution is 2.29. The monoisotopic (exact) mass is 351 g/mol. The number of carbonyl (C=O) groups is 1. The number of aliphatic hydroxyl groups excluding tert-OH is 1. The van der Waals surface area contributed by atoms with Crippen molar-refractivity contribution in [3.63, 3.8) is 0 Å². The molecule has 3 rings (SSSR count). The van der Waals surface area contributed by atoms with Crippen LogP contribution < -0.4 is 5.32 Å². The van der Waals surface area contributed by atoms with Crippen LogP contribution in [0, 0.1) is 18.8 Å². The lowest BCUT2D eigenvalue weighted by molar-refractivity contribution is -0.133. The van der Waals surface area contributed by atoms with Gasteiger partial charge in [-0.1, -0.05) is 0 Å². The van der Waals surface area contributed by atoms with Gasteiger partial charge in [-0.2, -0.15) is 0 Å². The molecule has 1 atom stereocenters. The van der Waals surface area contributed by atoms with E-state index < -0.39 is 0 Å². The predicted molar refractivity (Wildman–Crippen MR) is 96.1 cm³/mol. The Balaban J connectivity index is 1.41. The van der Waals surface area contributed by atoms with Crippen molar-refractivity contribution >= 4 is 17.2 Å². The molecule has 1 aromatic rings. The van der Waals surface area contributed by atoms with Gasteiger partial charge in [-0.25, -0.2) is 4.98 Å². The third-order valence-corrected chi connectivity index (χ3v) is 6.49. The zero-order valence-electron chi connectivity index (χ0n) is 14.5. The molecule has 2 N–H and O–H groups in total. The van der Waals surface area contributed by atoms with Crippen molar-refractivity contribution in [2.24, 2.45) is 11.8 Å². The Bertz CT molecular complexity index is 534. The van der Waals surface area contributed by atoms with Crippen LogP contribution >= 0.6 is 11.3 Å². The lowest BCUT2D eigenvalue weighted by Crippen LogP contribution is -2.44. The zero-order valence-corrected chi connectivity index (χ0v) is 15.4. The number of thiazole rings is 1. The van der Waals surface area contributed by atoms with E-state index in [0.717, 1.165) is 69.0 Å². The molecule has 2 saturated heterocycles. The molecule has 6 heteroatoms. The summed E-state index contributed by atoms with van der Waals surface area (Å²) < 4.78 is 0. The average molecular weight is 352 g/mol. The molecule has 0 bridgehead atoms. The molecule has 1 aromatic heterocycles. The average Bonchev–Trinajstić information content (AvgIpc) is 3.05. The predicted octanol–water partition coefficient (Wildman–Crippen LogP) is 1.98. The maximum absolute atomic E-state index is 12.4. The van der Waals surface area contributed by atoms with Crippen molar-refractivity contribution in [2.45, 2.75) is 51.6 Å². The largest absolute Gasteiger partial charge is 0.393 e. The Kier molecular flexibility index (Phi) is 6.25. The quantitative estimate of drug-likeness (QED) is 0.851. The normalized spacial score (nSPS) is 21.8. The highest BCUT2D eigenvalue weighted by molar-refractivity contribution is 7.09. The molecule has 24 heavy (non-hydrogen) atoms. The van der Waals surface area contributed by atoms with Crippen LogP contribution in [0.25, 0.3) is 0 Å². The number of carbonyl (C=O) groups excluding carboxylic acids is 1. The van der Waals surface area contributed by atoms with Crippen molar-refractivity contribution in [2.75, 3.05) is 26.2 Å². The zero-order chi connectivity index (χ0) is 16.9. The van der Waals surface area contributed by atoms with Gasteiger partial charge in [-0.15, -0.1) is 11.3 Å². The van der Waals surface area contributed by atoms with Crippen LogP contribution in [0.2, 0.25) is 0 Å². The number of piperidine rings is 2. The SMILES string of the molecule is Cc1csc(CCC(=O)N2CCC(C(O)C3CCNCC3)CC2)n1. The molecule has 0 aromatic carbocycles. The summed E-state index contributed by atoms with van der Waals surface area (Å²) in [6.45, 7) is 5.62. The Morgan fingerprint density at radius 2 is 2.00 bits per heavy atom. The van der Waals surface area contributed by atoms with E-state index >= 15 is 0 Å². The summed E-state index contributed by atoms with van der Waals surface area (Å²) in [6, 6.07) is 0. The number of aliphatic hydroxyl groups is 1. The Morgan fingerprint density at radius 3 is 2.62 bits per heavy atom. The minimum Gasteiger partial charge on any atom is -0.393 e. The molecular weight excluding hydrogens is 322 g/mol. The van der Waals surface area contributed by atoms with Crippen LogP contribution in [0.5, 0.6) is 0 Å². The summed E-state index contributed by atoms with van der Waals surface area (Å²) in [7, 11) is 0. The number of hydrogen-bond acceptors (Lipinski definition) is 5. The molecule has 5 nitrogen and oxygen atoms in total. The molecule has 2 fully saturated rings. The Labute approximate surface area is 148 Å². The number of amides is 1. The van der Waals surface area contributed by atoms with Gasteiger partial charge < -0.3 is 15.3 Å². The van der Waals surface area contributed by atoms with Gasteiger partial charge in [0.2, 0.25) is 5.91 Å². The maximum atomic E-state index is 12.4. The molecule has 134 valence electrons. The summed E-state index contributed by atoms with van der Waals surface area (Å²) in [4.78, 5) is 18.8. The molecule has 0 saturated carbocycles. The van der Waals surface area contributed by atoms with Gasteiger partial charge in [0.1, 0.15) is 0 Å². The second-order valence-corrected chi connectivity index (χ2v) is 8.12. The van der Waals surface area contributed by atoms with Crippen LogP contribution in [0.15, 0.2) is 5.38 Å². The molecular formula is C18H29N3O2S. The first kappa shape index (κ1) is 17.8. The minimum atomic E-state index is -0.192. The highest BCUT2D eigenvalue weighted by Gasteiger charge is 2.32. The van der Waals surface area contributed by atoms with Crippen LogP contribution in [0.3, 0.4) is 0 Å². The van der Waals surface area contributed by atoms with Gasteiger partial charge in [0, 0.05) is 37.0 Å². The summed E-state index contributed by atoms with van der Waals surface area (Å²) in [5.74, 6) is 1.03. The third kappa shape index (κ3) is 4.55. The van der Waals surface area contributed by atoms with E-state index in [1.54, 1.807) is 11.3 Å². The fraction of sp³-hybridized carbons (Fsp3) is 0.778. The third-order valence-electron chi connectivity index (χ3n) is 5.46. The van der Waals surface area contributed by atoms with E-state index in [2.05, 4.69) is 10.3 Å². The first-order chi connectivity index (χ1) is 11.6. The summed E-state index contributed by atoms with van der Waals surface area (Å²) in [5.41, 5.74) is 1.04. The Morgan fingerprint density at radius 1 is 1.33 bits per heavy atom. The molecule has 2 aliphatic rings. The van der Waals surface area contributed by atoms with Crippen LogP contribution in [-0.4, -0.2) is 53.2 Å². The van der Waals surface area contributed by atoms with E-state index in [1.165, 1.54) is 0 Å². The summed E-state index contributed by atoms with van der Waals surface area (Å²) in [5, 5.41) is 17.1. The van der Waals surface area contributed by atoms with Gasteiger partial charge in [-0.05, 0) is 57.5 Å². The number of rotatable bonds is 5. The molecule has 1 unspecified atom stereocenters. The van der Waals surface area contributed by atoms with Crippen molar-refractivity contribution < 1.29 is 9.90 Å². The van der Waals surface area contributed by atoms with Gasteiger partial charge in [-0.3, -0.25) is 4.79 Å². The van der Waals surface area contributed by atoms with Crippen molar-refractivity contribution in [3.05, 3.63) is 16.1 Å². The van der Waals surface area contributed by atoms with Crippen LogP contribution in [0.1, 0.15) is 42.8 Å². The smallest absolute Gasteiger partial charge is 0.222 e. The lowest BCUT2D eigenvalue weighted by Gasteiger charge is -2.38. The van der Waals surface area contributed by atoms with Crippen molar-refractivity contribution in [3.8, 4) is 0 Å². The molecule has 1 amide bonds. The van der Waals surface area contributed by atoms with Gasteiger partial charge in [0.25, 0.3) is 0 Å². The topological polar surface area (TPSA) is 65.5 Å². The number of nitrogens with one attached hydrogen (secondary N) is 1. The van der Waals surface area contributed by atoms with Gasteiger partial charge in [0.05, 0.1) is 11.1 Å². The first-order valence-electron chi connectivity index (χ1n) is 9.21. The van der Waals surface area contributed by atoms with E-state index in [-0.39, 0.29) is 12.0 Å². The lowest BCUT2D eigenvalue weighted by atomic mass is 9.80. The number of aryl methyl sites for hydroxylation is 2. The molecule has 3 heterocycles. The number of nitrogens with zero attached hydrogens (tertiary/aromatic N) is 2. The first-order valence-corrected chi connectivity index (χ1v) is 10.1. The molecule has 2 aliphatic heterocycles. The van der Waals surface area contributed by atoms with Crippen LogP contribution in [0.4, 0.5) is 0 Å². The summed E-state index contributed by atoms with van der Waals surface area (Å²) >= 11 is 1.64. The fourth-order valence-electron chi connectivity index (χ4n) is 3.95. The number of hydrogen-bond donors (Lipinski definition) is 2. The summed E-state index contributed by atoms with van der Waals surface area (Å²) in [6.07, 6.45) is 5.13. The molecule has 0 radical (unpaired) electrons. The molecule has 0 aliphatic carbocycles. The van der Waals surface area contributed by atoms with E-state index in [4.69, 9.17) is 0 Å². The standard InChI is InChI=1S/C18H29N3O2S/c1-13-12-24-16(20-13)2-3-17(22)21-10-6-15(7-11-21)18(23)14-4-8-19-9-5-14/h12,14-15,18-19,23H,2-11H2,1H3. The van der Waals surface area contributed by atoms with Crippen molar-refractivity contribution in [1.29, 1.82) is 0 Å². The van der Waals surface area contributed by atoms with Crippen LogP contribution in [-0.2, 0) is 11.2 Å². The number of likely N-dealkylation sites (tertiary alicyclic amines) is 1. The van der Waals surface area contributed by atoms with Gasteiger partial charge >= 0.3 is 0 Å². The fourth-order valence-corrected chi connectivity index (χ4v) is 4.73. The second-order valence-electron chi connectivity index (χ2n) is 7.18. The second kappa shape index (κ2) is 8.41. The number of aromatic nitrogens is 1. The van der Waals surface area contributed by atoms with E-state index in [1.807, 2.05) is 17.2 Å². The van der Waals surface area contributed by atoms with E-state index in [9.17, 15) is 9.90 Å². The maximum Gasteiger partial charge on any atom is 0.222 e. The van der Waals surface area contributed by atoms with E-state index in [0.29, 0.717) is 18.3 Å².